The molecule has 0 saturated carbocycles. The van der Waals surface area contributed by atoms with E-state index in [0.29, 0.717) is 36.6 Å². The Balaban J connectivity index is 1.60. The van der Waals surface area contributed by atoms with Gasteiger partial charge in [-0.2, -0.15) is 0 Å². The number of hydrogen-bond donors (Lipinski definition) is 0. The van der Waals surface area contributed by atoms with Crippen molar-refractivity contribution in [2.45, 2.75) is 32.1 Å². The summed E-state index contributed by atoms with van der Waals surface area (Å²) in [6, 6.07) is 6.89. The minimum Gasteiger partial charge on any atom is -0.340 e. The lowest BCUT2D eigenvalue weighted by molar-refractivity contribution is -0.142. The molecule has 2 saturated heterocycles. The molecule has 2 heterocycles. The molecule has 0 N–H and O–H groups in total. The van der Waals surface area contributed by atoms with Gasteiger partial charge in [0.15, 0.2) is 5.78 Å². The number of carbonyl (C=O) groups excluding carboxylic acids is 3. The Morgan fingerprint density at radius 1 is 1.08 bits per heavy atom. The predicted octanol–water partition coefficient (Wildman–Crippen LogP) is 2.77. The number of hydrogen-bond acceptors (Lipinski definition) is 3. The molecule has 0 aliphatic carbocycles. The Labute approximate surface area is 152 Å². The third kappa shape index (κ3) is 4.40. The van der Waals surface area contributed by atoms with Gasteiger partial charge in [0, 0.05) is 42.6 Å². The summed E-state index contributed by atoms with van der Waals surface area (Å²) in [4.78, 5) is 40.5. The molecule has 0 aromatic heterocycles. The van der Waals surface area contributed by atoms with Crippen LogP contribution < -0.4 is 0 Å². The van der Waals surface area contributed by atoms with Crippen molar-refractivity contribution in [1.82, 2.24) is 9.80 Å². The van der Waals surface area contributed by atoms with Gasteiger partial charge in [-0.15, -0.1) is 0 Å². The van der Waals surface area contributed by atoms with E-state index >= 15 is 0 Å². The monoisotopic (exact) mass is 362 g/mol. The zero-order valence-corrected chi connectivity index (χ0v) is 15.0. The molecular weight excluding hydrogens is 340 g/mol. The molecule has 25 heavy (non-hydrogen) atoms. The number of nitrogens with zero attached hydrogens (tertiary/aromatic N) is 2. The van der Waals surface area contributed by atoms with Gasteiger partial charge in [-0.25, -0.2) is 0 Å². The Kier molecular flexibility index (Phi) is 5.74. The molecular formula is C19H23ClN2O3. The van der Waals surface area contributed by atoms with Crippen molar-refractivity contribution < 1.29 is 14.4 Å². The fraction of sp³-hybridized carbons (Fsp3) is 0.526. The molecule has 6 heteroatoms. The van der Waals surface area contributed by atoms with Crippen LogP contribution in [0.5, 0.6) is 0 Å². The second kappa shape index (κ2) is 8.00. The highest BCUT2D eigenvalue weighted by Crippen LogP contribution is 2.22. The molecule has 2 fully saturated rings. The molecule has 0 spiro atoms. The average molecular weight is 363 g/mol. The van der Waals surface area contributed by atoms with Gasteiger partial charge >= 0.3 is 0 Å². The molecule has 1 aromatic carbocycles. The van der Waals surface area contributed by atoms with E-state index < -0.39 is 0 Å². The van der Waals surface area contributed by atoms with E-state index in [1.54, 1.807) is 34.1 Å². The Morgan fingerprint density at radius 3 is 2.56 bits per heavy atom. The third-order valence-corrected chi connectivity index (χ3v) is 5.27. The largest absolute Gasteiger partial charge is 0.340 e. The number of benzene rings is 1. The maximum absolute atomic E-state index is 12.7. The molecule has 3 rings (SSSR count). The number of amides is 2. The Bertz CT molecular complexity index is 659. The van der Waals surface area contributed by atoms with Gasteiger partial charge in [-0.3, -0.25) is 14.4 Å². The van der Waals surface area contributed by atoms with E-state index in [9.17, 15) is 14.4 Å². The fourth-order valence-electron chi connectivity index (χ4n) is 3.56. The maximum Gasteiger partial charge on any atom is 0.242 e. The molecule has 0 bridgehead atoms. The molecule has 0 unspecified atom stereocenters. The zero-order chi connectivity index (χ0) is 17.8. The van der Waals surface area contributed by atoms with E-state index in [0.717, 1.165) is 25.7 Å². The normalized spacial score (nSPS) is 21.3. The van der Waals surface area contributed by atoms with Gasteiger partial charge in [0.05, 0.1) is 6.54 Å². The van der Waals surface area contributed by atoms with Crippen LogP contribution in [0, 0.1) is 5.92 Å². The summed E-state index contributed by atoms with van der Waals surface area (Å²) in [5, 5.41) is 0.600. The van der Waals surface area contributed by atoms with Crippen LogP contribution in [0.25, 0.3) is 0 Å². The van der Waals surface area contributed by atoms with Gasteiger partial charge in [0.25, 0.3) is 0 Å². The minimum absolute atomic E-state index is 0.0520. The number of rotatable bonds is 4. The van der Waals surface area contributed by atoms with Crippen molar-refractivity contribution >= 4 is 29.2 Å². The summed E-state index contributed by atoms with van der Waals surface area (Å²) < 4.78 is 0. The van der Waals surface area contributed by atoms with Crippen LogP contribution >= 0.6 is 11.6 Å². The second-order valence-corrected chi connectivity index (χ2v) is 7.26. The van der Waals surface area contributed by atoms with Crippen LogP contribution in [0.3, 0.4) is 0 Å². The molecule has 2 aliphatic heterocycles. The zero-order valence-electron chi connectivity index (χ0n) is 14.2. The smallest absolute Gasteiger partial charge is 0.242 e. The second-order valence-electron chi connectivity index (χ2n) is 6.82. The summed E-state index contributed by atoms with van der Waals surface area (Å²) in [6.45, 7) is 1.89. The highest BCUT2D eigenvalue weighted by atomic mass is 35.5. The first-order chi connectivity index (χ1) is 12.0. The van der Waals surface area contributed by atoms with Crippen LogP contribution in [-0.4, -0.2) is 53.6 Å². The molecule has 1 atom stereocenters. The van der Waals surface area contributed by atoms with Crippen LogP contribution in [0.1, 0.15) is 42.5 Å². The van der Waals surface area contributed by atoms with E-state index in [4.69, 9.17) is 11.6 Å². The Morgan fingerprint density at radius 2 is 1.84 bits per heavy atom. The van der Waals surface area contributed by atoms with Crippen molar-refractivity contribution in [1.29, 1.82) is 0 Å². The van der Waals surface area contributed by atoms with Crippen molar-refractivity contribution in [3.05, 3.63) is 34.9 Å². The molecule has 1 aromatic rings. The highest BCUT2D eigenvalue weighted by Gasteiger charge is 2.30. The third-order valence-electron chi connectivity index (χ3n) is 5.02. The topological polar surface area (TPSA) is 57.7 Å². The summed E-state index contributed by atoms with van der Waals surface area (Å²) in [5.74, 6) is -0.117. The number of Topliss-reactive ketones (excluding diaryl/α,β-unsaturated/α-hetero) is 1. The van der Waals surface area contributed by atoms with Crippen molar-refractivity contribution in [3.8, 4) is 0 Å². The number of ketones is 1. The lowest BCUT2D eigenvalue weighted by Gasteiger charge is -2.34. The molecule has 134 valence electrons. The van der Waals surface area contributed by atoms with Gasteiger partial charge in [-0.1, -0.05) is 11.6 Å². The standard InChI is InChI=1S/C19H23ClN2O3/c20-16-8-6-14(7-9-16)19(25)15-4-3-11-21(12-15)18(24)13-22-10-2-1-5-17(22)23/h6-9,15H,1-5,10-13H2/t15-/m0/s1. The van der Waals surface area contributed by atoms with E-state index in [1.807, 2.05) is 0 Å². The quantitative estimate of drug-likeness (QED) is 0.774. The lowest BCUT2D eigenvalue weighted by atomic mass is 9.90. The van der Waals surface area contributed by atoms with Gasteiger partial charge in [-0.05, 0) is 49.9 Å². The number of carbonyl (C=O) groups is 3. The lowest BCUT2D eigenvalue weighted by Crippen LogP contribution is -2.48. The first-order valence-electron chi connectivity index (χ1n) is 8.90. The van der Waals surface area contributed by atoms with Crippen LogP contribution in [0.15, 0.2) is 24.3 Å². The summed E-state index contributed by atoms with van der Waals surface area (Å²) >= 11 is 5.87. The van der Waals surface area contributed by atoms with Gasteiger partial charge in [0.2, 0.25) is 11.8 Å². The fourth-order valence-corrected chi connectivity index (χ4v) is 3.69. The van der Waals surface area contributed by atoms with Gasteiger partial charge < -0.3 is 9.80 Å². The van der Waals surface area contributed by atoms with E-state index in [2.05, 4.69) is 0 Å². The SMILES string of the molecule is O=C(c1ccc(Cl)cc1)[C@H]1CCCN(C(=O)CN2CCCCC2=O)C1. The summed E-state index contributed by atoms with van der Waals surface area (Å²) in [5.41, 5.74) is 0.634. The number of halogens is 1. The molecule has 0 radical (unpaired) electrons. The van der Waals surface area contributed by atoms with E-state index in [1.165, 1.54) is 0 Å². The van der Waals surface area contributed by atoms with Crippen LogP contribution in [0.2, 0.25) is 5.02 Å². The minimum atomic E-state index is -0.184. The summed E-state index contributed by atoms with van der Waals surface area (Å²) in [6.07, 6.45) is 3.99. The molecule has 2 amide bonds. The Hall–Kier alpha value is -1.88. The van der Waals surface area contributed by atoms with Gasteiger partial charge in [0.1, 0.15) is 0 Å². The van der Waals surface area contributed by atoms with Crippen molar-refractivity contribution in [3.63, 3.8) is 0 Å². The average Bonchev–Trinajstić information content (AvgIpc) is 2.64. The predicted molar refractivity (Wildman–Crippen MR) is 95.5 cm³/mol. The number of piperidine rings is 2. The van der Waals surface area contributed by atoms with Crippen LogP contribution in [-0.2, 0) is 9.59 Å². The number of likely N-dealkylation sites (tertiary alicyclic amines) is 2. The maximum atomic E-state index is 12.7. The van der Waals surface area contributed by atoms with E-state index in [-0.39, 0.29) is 30.1 Å². The first-order valence-corrected chi connectivity index (χ1v) is 9.28. The van der Waals surface area contributed by atoms with Crippen molar-refractivity contribution in [2.24, 2.45) is 5.92 Å². The van der Waals surface area contributed by atoms with Crippen LogP contribution in [0.4, 0.5) is 0 Å². The highest BCUT2D eigenvalue weighted by molar-refractivity contribution is 6.30. The molecule has 2 aliphatic rings. The first kappa shape index (κ1) is 17.9. The summed E-state index contributed by atoms with van der Waals surface area (Å²) in [7, 11) is 0. The van der Waals surface area contributed by atoms with Crippen molar-refractivity contribution in [2.75, 3.05) is 26.2 Å². The molecule has 5 nitrogen and oxygen atoms in total.